The molecule has 2 aromatic heterocycles. The third kappa shape index (κ3) is 5.38. The number of thiophene rings is 1. The molecule has 0 radical (unpaired) electrons. The highest BCUT2D eigenvalue weighted by atomic mass is 35.5. The summed E-state index contributed by atoms with van der Waals surface area (Å²) in [5, 5.41) is 17.0. The summed E-state index contributed by atoms with van der Waals surface area (Å²) in [6.07, 6.45) is 6.37. The minimum absolute atomic E-state index is 0.141. The molecule has 11 nitrogen and oxygen atoms in total. The number of phenolic OH excluding ortho intramolecular Hbond substituents is 1. The van der Waals surface area contributed by atoms with E-state index < -0.39 is 40.5 Å². The quantitative estimate of drug-likeness (QED) is 0.157. The van der Waals surface area contributed by atoms with Crippen LogP contribution in [0.1, 0.15) is 51.7 Å². The fourth-order valence-corrected chi connectivity index (χ4v) is 10.8. The lowest BCUT2D eigenvalue weighted by Crippen LogP contribution is -2.50. The number of methoxy groups -OCH3 is 2. The van der Waals surface area contributed by atoms with Gasteiger partial charge in [0.15, 0.2) is 11.5 Å². The van der Waals surface area contributed by atoms with Crippen molar-refractivity contribution in [1.82, 2.24) is 14.7 Å². The lowest BCUT2D eigenvalue weighted by Gasteiger charge is -2.48. The fourth-order valence-electron chi connectivity index (χ4n) is 9.53. The molecule has 1 N–H and O–H groups in total. The van der Waals surface area contributed by atoms with Gasteiger partial charge in [0.2, 0.25) is 29.4 Å². The fraction of sp³-hybridized carbons (Fsp3) is 0.405. The predicted octanol–water partition coefficient (Wildman–Crippen LogP) is 7.56. The van der Waals surface area contributed by atoms with Crippen molar-refractivity contribution in [3.05, 3.63) is 70.3 Å². The van der Waals surface area contributed by atoms with Crippen LogP contribution in [0, 0.1) is 41.9 Å². The Morgan fingerprint density at radius 3 is 2.35 bits per heavy atom. The Balaban J connectivity index is 1.24. The Labute approximate surface area is 328 Å². The van der Waals surface area contributed by atoms with Crippen LogP contribution < -0.4 is 14.4 Å². The van der Waals surface area contributed by atoms with E-state index in [1.165, 1.54) is 24.0 Å². The van der Waals surface area contributed by atoms with Gasteiger partial charge in [-0.05, 0) is 100 Å². The summed E-state index contributed by atoms with van der Waals surface area (Å²) in [4.78, 5) is 61.5. The molecule has 2 aliphatic heterocycles. The molecule has 13 heteroatoms. The van der Waals surface area contributed by atoms with E-state index in [0.29, 0.717) is 28.5 Å². The van der Waals surface area contributed by atoms with Crippen molar-refractivity contribution in [1.29, 1.82) is 0 Å². The zero-order chi connectivity index (χ0) is 39.5. The number of carbonyl (C=O) groups is 4. The average molecular weight is 783 g/mol. The van der Waals surface area contributed by atoms with E-state index in [1.54, 1.807) is 41.3 Å². The normalized spacial score (nSPS) is 26.6. The number of hydrogen-bond donors (Lipinski definition) is 1. The highest BCUT2D eigenvalue weighted by Gasteiger charge is 2.67. The predicted molar refractivity (Wildman–Crippen MR) is 211 cm³/mol. The van der Waals surface area contributed by atoms with Crippen molar-refractivity contribution in [2.75, 3.05) is 19.1 Å². The summed E-state index contributed by atoms with van der Waals surface area (Å²) in [5.41, 5.74) is 1.20. The van der Waals surface area contributed by atoms with Gasteiger partial charge in [-0.3, -0.25) is 28.8 Å². The number of aryl methyl sites for hydroxylation is 2. The largest absolute Gasteiger partial charge is 0.502 e. The van der Waals surface area contributed by atoms with Crippen molar-refractivity contribution >= 4 is 68.5 Å². The highest BCUT2D eigenvalue weighted by molar-refractivity contribution is 7.22. The Morgan fingerprint density at radius 2 is 1.69 bits per heavy atom. The molecule has 55 heavy (non-hydrogen) atoms. The molecule has 1 saturated carbocycles. The summed E-state index contributed by atoms with van der Waals surface area (Å²) in [6, 6.07) is 10.9. The second-order valence-corrected chi connectivity index (χ2v) is 17.7. The van der Waals surface area contributed by atoms with Gasteiger partial charge < -0.3 is 14.6 Å². The van der Waals surface area contributed by atoms with Crippen molar-refractivity contribution in [2.24, 2.45) is 42.1 Å². The number of hydrogen-bond acceptors (Lipinski definition) is 9. The summed E-state index contributed by atoms with van der Waals surface area (Å²) in [6.45, 7) is 9.41. The average Bonchev–Trinajstić information content (AvgIpc) is 3.81. The lowest BCUT2D eigenvalue weighted by molar-refractivity contribution is -0.145. The number of anilines is 1. The number of nitrogens with zero attached hydrogens (tertiary/aromatic N) is 4. The molecule has 4 aromatic rings. The molecular weight excluding hydrogens is 740 g/mol. The van der Waals surface area contributed by atoms with Crippen LogP contribution in [-0.4, -0.2) is 63.2 Å². The molecule has 6 atom stereocenters. The summed E-state index contributed by atoms with van der Waals surface area (Å²) in [5.74, 6) is -3.55. The summed E-state index contributed by atoms with van der Waals surface area (Å²) >= 11 is 7.89. The van der Waals surface area contributed by atoms with Crippen LogP contribution in [0.15, 0.2) is 54.1 Å². The van der Waals surface area contributed by atoms with E-state index in [2.05, 4.69) is 0 Å². The molecule has 0 bridgehead atoms. The minimum atomic E-state index is -1.24. The molecule has 0 unspecified atom stereocenters. The number of likely N-dealkylation sites (tertiary alicyclic amines) is 1. The maximum Gasteiger partial charge on any atom is 0.242 e. The van der Waals surface area contributed by atoms with Crippen LogP contribution in [0.5, 0.6) is 17.2 Å². The van der Waals surface area contributed by atoms with Gasteiger partial charge in [-0.2, -0.15) is 5.10 Å². The molecule has 2 saturated heterocycles. The lowest BCUT2D eigenvalue weighted by atomic mass is 9.52. The van der Waals surface area contributed by atoms with Crippen molar-refractivity contribution < 1.29 is 33.8 Å². The molecule has 8 rings (SSSR count). The van der Waals surface area contributed by atoms with E-state index in [-0.39, 0.29) is 47.3 Å². The van der Waals surface area contributed by atoms with Gasteiger partial charge >= 0.3 is 0 Å². The number of allylic oxidation sites excluding steroid dienone is 3. The first-order valence-corrected chi connectivity index (χ1v) is 19.5. The number of halogens is 1. The van der Waals surface area contributed by atoms with Gasteiger partial charge in [0, 0.05) is 34.3 Å². The van der Waals surface area contributed by atoms with Crippen LogP contribution >= 0.6 is 22.9 Å². The van der Waals surface area contributed by atoms with Crippen molar-refractivity contribution in [3.63, 3.8) is 0 Å². The summed E-state index contributed by atoms with van der Waals surface area (Å²) < 4.78 is 13.4. The van der Waals surface area contributed by atoms with Crippen LogP contribution in [0.25, 0.3) is 26.7 Å². The van der Waals surface area contributed by atoms with Gasteiger partial charge in [0.05, 0.1) is 42.3 Å². The van der Waals surface area contributed by atoms with Crippen molar-refractivity contribution in [2.45, 2.75) is 53.0 Å². The molecule has 4 aliphatic rings. The third-order valence-corrected chi connectivity index (χ3v) is 13.7. The van der Waals surface area contributed by atoms with E-state index in [9.17, 15) is 19.5 Å². The number of imide groups is 2. The Kier molecular flexibility index (Phi) is 8.62. The van der Waals surface area contributed by atoms with Crippen molar-refractivity contribution in [3.8, 4) is 27.8 Å². The molecule has 2 aliphatic carbocycles. The van der Waals surface area contributed by atoms with Gasteiger partial charge in [0.1, 0.15) is 11.5 Å². The number of carbonyl (C=O) groups excluding carboxylic acids is 4. The maximum atomic E-state index is 15.1. The molecule has 4 amide bonds. The number of amides is 4. The smallest absolute Gasteiger partial charge is 0.242 e. The molecule has 4 heterocycles. The van der Waals surface area contributed by atoms with E-state index >= 15 is 4.79 Å². The van der Waals surface area contributed by atoms with E-state index in [0.717, 1.165) is 26.1 Å². The van der Waals surface area contributed by atoms with Crippen LogP contribution in [0.4, 0.5) is 5.82 Å². The number of aromatic hydroxyl groups is 1. The zero-order valence-corrected chi connectivity index (χ0v) is 33.5. The van der Waals surface area contributed by atoms with Gasteiger partial charge in [-0.15, -0.1) is 11.3 Å². The molecular formula is C42H43ClN4O7S. The van der Waals surface area contributed by atoms with Crippen LogP contribution in [0.2, 0.25) is 5.02 Å². The number of aromatic nitrogens is 2. The minimum Gasteiger partial charge on any atom is -0.502 e. The number of fused-ring (bicyclic) bond motifs is 5. The highest BCUT2D eigenvalue weighted by Crippen LogP contribution is 2.61. The maximum absolute atomic E-state index is 15.1. The number of rotatable bonds is 6. The van der Waals surface area contributed by atoms with Gasteiger partial charge in [-0.1, -0.05) is 35.4 Å². The SMILES string of the molecule is COc1cc(C=C[C@H]2C3=CC[C@@H]4C(=O)N(C(C)(C)C)C(=O)[C@@H]4[C@@H]3C[C@H]3C(=O)N(c4cc(-c5sc6ccc(Cl)cc6c5C)nn4C)C(=O)[C@@]23C)cc(OC)c1O. The van der Waals surface area contributed by atoms with E-state index in [4.69, 9.17) is 26.2 Å². The first-order chi connectivity index (χ1) is 26.0. The molecule has 2 aromatic carbocycles. The molecule has 286 valence electrons. The Hall–Kier alpha value is -4.94. The Bertz CT molecular complexity index is 2380. The van der Waals surface area contributed by atoms with E-state index in [1.807, 2.05) is 71.0 Å². The number of benzene rings is 2. The Morgan fingerprint density at radius 1 is 1.00 bits per heavy atom. The zero-order valence-electron chi connectivity index (χ0n) is 32.0. The van der Waals surface area contributed by atoms with Gasteiger partial charge in [0.25, 0.3) is 0 Å². The van der Waals surface area contributed by atoms with Gasteiger partial charge in [-0.25, -0.2) is 4.90 Å². The first kappa shape index (κ1) is 37.0. The van der Waals surface area contributed by atoms with Crippen LogP contribution in [-0.2, 0) is 26.2 Å². The standard InChI is InChI=1S/C42H43ClN4O7S/c1-20-25-17-22(43)10-14-32(25)55-36(20)29-19-33(45(6)44-29)46-38(50)28-18-26-23(11-12-24-34(26)39(51)47(37(24)49)41(2,3)4)27(42(28,5)40(46)52)13-9-21-15-30(53-7)35(48)31(16-21)54-8/h9-11,13-17,19,24,26-28,34,48H,12,18H2,1-8H3/t24-,26+,27-,28-,34-,42-/m0/s1. The second-order valence-electron chi connectivity index (χ2n) is 16.2. The second kappa shape index (κ2) is 12.8. The first-order valence-electron chi connectivity index (χ1n) is 18.3. The molecule has 3 fully saturated rings. The number of ether oxygens (including phenoxy) is 2. The number of phenols is 1. The third-order valence-electron chi connectivity index (χ3n) is 12.2. The summed E-state index contributed by atoms with van der Waals surface area (Å²) in [7, 11) is 4.62. The topological polar surface area (TPSA) is 131 Å². The molecule has 0 spiro atoms. The monoisotopic (exact) mass is 782 g/mol. The van der Waals surface area contributed by atoms with Crippen LogP contribution in [0.3, 0.4) is 0 Å².